The van der Waals surface area contributed by atoms with Crippen molar-refractivity contribution in [2.24, 2.45) is 0 Å². The summed E-state index contributed by atoms with van der Waals surface area (Å²) in [5.74, 6) is 0.650. The van der Waals surface area contributed by atoms with E-state index in [1.165, 1.54) is 18.9 Å². The van der Waals surface area contributed by atoms with Gasteiger partial charge in [-0.05, 0) is 37.8 Å². The van der Waals surface area contributed by atoms with E-state index in [0.29, 0.717) is 31.5 Å². The first-order chi connectivity index (χ1) is 9.62. The average Bonchev–Trinajstić information content (AvgIpc) is 3.12. The quantitative estimate of drug-likeness (QED) is 0.636. The van der Waals surface area contributed by atoms with Gasteiger partial charge in [-0.1, -0.05) is 0 Å². The molecule has 1 saturated carbocycles. The summed E-state index contributed by atoms with van der Waals surface area (Å²) in [5, 5.41) is 3.26. The molecule has 0 bridgehead atoms. The van der Waals surface area contributed by atoms with Crippen LogP contribution in [0.25, 0.3) is 0 Å². The zero-order valence-electron chi connectivity index (χ0n) is 11.7. The van der Waals surface area contributed by atoms with Gasteiger partial charge < -0.3 is 14.5 Å². The van der Waals surface area contributed by atoms with Crippen LogP contribution in [0.15, 0.2) is 21.6 Å². The van der Waals surface area contributed by atoms with E-state index < -0.39 is 10.0 Å². The third-order valence-electron chi connectivity index (χ3n) is 3.11. The molecule has 0 saturated heterocycles. The number of methoxy groups -OCH3 is 1. The summed E-state index contributed by atoms with van der Waals surface area (Å²) in [7, 11) is -1.91. The fourth-order valence-corrected chi connectivity index (χ4v) is 2.80. The van der Waals surface area contributed by atoms with E-state index in [1.807, 2.05) is 0 Å². The summed E-state index contributed by atoms with van der Waals surface area (Å²) in [6, 6.07) is 3.77. The number of hydrogen-bond donors (Lipinski definition) is 2. The van der Waals surface area contributed by atoms with E-state index in [-0.39, 0.29) is 5.09 Å². The summed E-state index contributed by atoms with van der Waals surface area (Å²) < 4.78 is 36.7. The largest absolute Gasteiger partial charge is 0.447 e. The molecular formula is C13H22N2O4S. The summed E-state index contributed by atoms with van der Waals surface area (Å²) in [6.07, 6.45) is 3.95. The smallest absolute Gasteiger partial charge is 0.273 e. The van der Waals surface area contributed by atoms with Gasteiger partial charge in [0.2, 0.25) is 5.09 Å². The molecule has 0 unspecified atom stereocenters. The zero-order valence-corrected chi connectivity index (χ0v) is 12.5. The molecule has 0 aromatic carbocycles. The van der Waals surface area contributed by atoms with Crippen molar-refractivity contribution in [2.45, 2.75) is 43.4 Å². The van der Waals surface area contributed by atoms with Crippen molar-refractivity contribution in [1.82, 2.24) is 10.0 Å². The Labute approximate surface area is 119 Å². The molecule has 2 N–H and O–H groups in total. The van der Waals surface area contributed by atoms with Crippen LogP contribution in [-0.2, 0) is 21.3 Å². The van der Waals surface area contributed by atoms with Gasteiger partial charge in [-0.25, -0.2) is 13.1 Å². The molecule has 1 aromatic rings. The van der Waals surface area contributed by atoms with Gasteiger partial charge in [-0.3, -0.25) is 0 Å². The fourth-order valence-electron chi connectivity index (χ4n) is 1.78. The Balaban J connectivity index is 1.78. The Morgan fingerprint density at radius 3 is 2.85 bits per heavy atom. The highest BCUT2D eigenvalue weighted by molar-refractivity contribution is 7.89. The number of sulfonamides is 1. The summed E-state index contributed by atoms with van der Waals surface area (Å²) >= 11 is 0. The molecule has 1 aliphatic carbocycles. The van der Waals surface area contributed by atoms with Gasteiger partial charge in [0.25, 0.3) is 10.0 Å². The van der Waals surface area contributed by atoms with Crippen LogP contribution in [0.5, 0.6) is 0 Å². The standard InChI is InChI=1S/C13H22N2O4S/c1-18-9-3-2-8-15-20(16,17)13-7-6-12(19-13)10-14-11-4-5-11/h6-7,11,14-15H,2-5,8-10H2,1H3. The minimum Gasteiger partial charge on any atom is -0.447 e. The molecule has 0 amide bonds. The molecule has 20 heavy (non-hydrogen) atoms. The van der Waals surface area contributed by atoms with Crippen molar-refractivity contribution in [1.29, 1.82) is 0 Å². The molecule has 1 fully saturated rings. The van der Waals surface area contributed by atoms with Gasteiger partial charge >= 0.3 is 0 Å². The summed E-state index contributed by atoms with van der Waals surface area (Å²) in [6.45, 7) is 1.61. The Morgan fingerprint density at radius 2 is 2.15 bits per heavy atom. The van der Waals surface area contributed by atoms with Crippen LogP contribution in [0.1, 0.15) is 31.4 Å². The van der Waals surface area contributed by atoms with Crippen molar-refractivity contribution in [3.05, 3.63) is 17.9 Å². The van der Waals surface area contributed by atoms with E-state index in [2.05, 4.69) is 10.0 Å². The Hall–Kier alpha value is -0.890. The van der Waals surface area contributed by atoms with Crippen LogP contribution in [0, 0.1) is 0 Å². The second-order valence-electron chi connectivity index (χ2n) is 4.97. The van der Waals surface area contributed by atoms with Gasteiger partial charge in [-0.2, -0.15) is 0 Å². The van der Waals surface area contributed by atoms with Gasteiger partial charge in [-0.15, -0.1) is 0 Å². The van der Waals surface area contributed by atoms with E-state index >= 15 is 0 Å². The first-order valence-electron chi connectivity index (χ1n) is 6.92. The van der Waals surface area contributed by atoms with Crippen molar-refractivity contribution in [2.75, 3.05) is 20.3 Å². The molecule has 1 heterocycles. The molecule has 1 aromatic heterocycles. The van der Waals surface area contributed by atoms with E-state index in [0.717, 1.165) is 12.8 Å². The molecule has 0 aliphatic heterocycles. The summed E-state index contributed by atoms with van der Waals surface area (Å²) in [5.41, 5.74) is 0. The van der Waals surface area contributed by atoms with Gasteiger partial charge in [0, 0.05) is 26.3 Å². The lowest BCUT2D eigenvalue weighted by atomic mass is 10.3. The highest BCUT2D eigenvalue weighted by atomic mass is 32.2. The maximum atomic E-state index is 12.0. The number of unbranched alkanes of at least 4 members (excludes halogenated alkanes) is 1. The Kier molecular flexibility index (Phi) is 5.59. The monoisotopic (exact) mass is 302 g/mol. The van der Waals surface area contributed by atoms with Crippen LogP contribution in [0.3, 0.4) is 0 Å². The van der Waals surface area contributed by atoms with Gasteiger partial charge in [0.05, 0.1) is 6.54 Å². The number of nitrogens with one attached hydrogen (secondary N) is 2. The van der Waals surface area contributed by atoms with E-state index in [4.69, 9.17) is 9.15 Å². The Bertz CT molecular complexity index is 508. The van der Waals surface area contributed by atoms with E-state index in [9.17, 15) is 8.42 Å². The molecular weight excluding hydrogens is 280 g/mol. The average molecular weight is 302 g/mol. The van der Waals surface area contributed by atoms with Crippen molar-refractivity contribution in [3.63, 3.8) is 0 Å². The van der Waals surface area contributed by atoms with Crippen LogP contribution >= 0.6 is 0 Å². The number of ether oxygens (including phenoxy) is 1. The lowest BCUT2D eigenvalue weighted by Gasteiger charge is -2.04. The number of hydrogen-bond acceptors (Lipinski definition) is 5. The zero-order chi connectivity index (χ0) is 14.4. The normalized spacial score (nSPS) is 15.7. The molecule has 2 rings (SSSR count). The predicted octanol–water partition coefficient (Wildman–Crippen LogP) is 1.24. The minimum atomic E-state index is -3.53. The number of furan rings is 1. The highest BCUT2D eigenvalue weighted by Crippen LogP contribution is 2.20. The Morgan fingerprint density at radius 1 is 1.35 bits per heavy atom. The van der Waals surface area contributed by atoms with Crippen molar-refractivity contribution >= 4 is 10.0 Å². The third-order valence-corrected chi connectivity index (χ3v) is 4.44. The van der Waals surface area contributed by atoms with Crippen LogP contribution in [0.2, 0.25) is 0 Å². The first kappa shape index (κ1) is 15.5. The lowest BCUT2D eigenvalue weighted by molar-refractivity contribution is 0.193. The first-order valence-corrected chi connectivity index (χ1v) is 8.41. The maximum Gasteiger partial charge on any atom is 0.273 e. The van der Waals surface area contributed by atoms with Gasteiger partial charge in [0.15, 0.2) is 0 Å². The second kappa shape index (κ2) is 7.21. The van der Waals surface area contributed by atoms with Gasteiger partial charge in [0.1, 0.15) is 5.76 Å². The highest BCUT2D eigenvalue weighted by Gasteiger charge is 2.22. The van der Waals surface area contributed by atoms with Crippen molar-refractivity contribution in [3.8, 4) is 0 Å². The van der Waals surface area contributed by atoms with Crippen LogP contribution in [0.4, 0.5) is 0 Å². The second-order valence-corrected chi connectivity index (χ2v) is 6.67. The number of rotatable bonds is 10. The van der Waals surface area contributed by atoms with Crippen LogP contribution < -0.4 is 10.0 Å². The van der Waals surface area contributed by atoms with Crippen molar-refractivity contribution < 1.29 is 17.6 Å². The summed E-state index contributed by atoms with van der Waals surface area (Å²) in [4.78, 5) is 0. The molecule has 0 atom stereocenters. The topological polar surface area (TPSA) is 80.6 Å². The van der Waals surface area contributed by atoms with Crippen LogP contribution in [-0.4, -0.2) is 34.7 Å². The molecule has 0 spiro atoms. The fraction of sp³-hybridized carbons (Fsp3) is 0.692. The predicted molar refractivity (Wildman–Crippen MR) is 74.9 cm³/mol. The molecule has 0 radical (unpaired) electrons. The third kappa shape index (κ3) is 4.90. The molecule has 7 heteroatoms. The molecule has 114 valence electrons. The molecule has 1 aliphatic rings. The van der Waals surface area contributed by atoms with E-state index in [1.54, 1.807) is 13.2 Å². The SMILES string of the molecule is COCCCCNS(=O)(=O)c1ccc(CNC2CC2)o1. The molecule has 6 nitrogen and oxygen atoms in total. The lowest BCUT2D eigenvalue weighted by Crippen LogP contribution is -2.24. The maximum absolute atomic E-state index is 12.0. The minimum absolute atomic E-state index is 0.0168.